The summed E-state index contributed by atoms with van der Waals surface area (Å²) in [6.45, 7) is 2.68. The van der Waals surface area contributed by atoms with Crippen molar-refractivity contribution in [2.24, 2.45) is 0 Å². The van der Waals surface area contributed by atoms with Crippen molar-refractivity contribution in [1.82, 2.24) is 10.2 Å². The van der Waals surface area contributed by atoms with Gasteiger partial charge in [-0.2, -0.15) is 0 Å². The number of anilines is 1. The molecule has 0 spiro atoms. The average molecular weight is 593 g/mol. The lowest BCUT2D eigenvalue weighted by Gasteiger charge is -2.33. The molecule has 1 aliphatic rings. The molecule has 3 rings (SSSR count). The first-order chi connectivity index (χ1) is 17.5. The maximum atomic E-state index is 13.7. The lowest BCUT2D eigenvalue weighted by molar-refractivity contribution is -0.139. The first kappa shape index (κ1) is 28.8. The molecule has 0 aromatic heterocycles. The highest BCUT2D eigenvalue weighted by Gasteiger charge is 2.31. The van der Waals surface area contributed by atoms with Gasteiger partial charge in [-0.05, 0) is 56.5 Å². The van der Waals surface area contributed by atoms with Gasteiger partial charge in [0, 0.05) is 22.6 Å². The van der Waals surface area contributed by atoms with Gasteiger partial charge in [0.25, 0.3) is 0 Å². The third-order valence-corrected chi connectivity index (χ3v) is 8.21. The van der Waals surface area contributed by atoms with E-state index in [1.165, 1.54) is 17.9 Å². The predicted octanol–water partition coefficient (Wildman–Crippen LogP) is 4.28. The molecule has 1 N–H and O–H groups in total. The highest BCUT2D eigenvalue weighted by molar-refractivity contribution is 9.10. The van der Waals surface area contributed by atoms with E-state index in [4.69, 9.17) is 0 Å². The van der Waals surface area contributed by atoms with Crippen LogP contribution in [0.25, 0.3) is 0 Å². The molecule has 10 heteroatoms. The number of ketones is 1. The van der Waals surface area contributed by atoms with Gasteiger partial charge in [-0.25, -0.2) is 8.42 Å². The topological polar surface area (TPSA) is 104 Å². The minimum atomic E-state index is -3.87. The normalized spacial score (nSPS) is 15.0. The number of nitrogens with zero attached hydrogens (tertiary/aromatic N) is 2. The SMILES string of the molecule is CC(=O)c1cccc(N(CC(=O)N(Cc2cccc(Br)c2)C(C)C(=O)NC2CCCCC2)S(C)(=O)=O)c1. The van der Waals surface area contributed by atoms with Gasteiger partial charge in [-0.15, -0.1) is 0 Å². The Morgan fingerprint density at radius 2 is 1.73 bits per heavy atom. The molecule has 1 aliphatic carbocycles. The Kier molecular flexibility index (Phi) is 9.89. The summed E-state index contributed by atoms with van der Waals surface area (Å²) in [5, 5.41) is 3.07. The van der Waals surface area contributed by atoms with Crippen LogP contribution in [0.3, 0.4) is 0 Å². The van der Waals surface area contributed by atoms with E-state index in [0.29, 0.717) is 5.56 Å². The van der Waals surface area contributed by atoms with Crippen molar-refractivity contribution in [3.63, 3.8) is 0 Å². The van der Waals surface area contributed by atoms with Crippen molar-refractivity contribution in [2.75, 3.05) is 17.1 Å². The minimum absolute atomic E-state index is 0.0772. The Bertz CT molecular complexity index is 1240. The van der Waals surface area contributed by atoms with E-state index in [-0.39, 0.29) is 30.0 Å². The molecule has 2 aromatic carbocycles. The van der Waals surface area contributed by atoms with Crippen LogP contribution >= 0.6 is 15.9 Å². The number of benzene rings is 2. The molecule has 1 fully saturated rings. The van der Waals surface area contributed by atoms with Crippen LogP contribution in [0.2, 0.25) is 0 Å². The van der Waals surface area contributed by atoms with E-state index in [1.54, 1.807) is 25.1 Å². The van der Waals surface area contributed by atoms with Crippen LogP contribution in [-0.2, 0) is 26.2 Å². The second kappa shape index (κ2) is 12.7. The molecule has 1 atom stereocenters. The molecular formula is C27H34BrN3O5S. The highest BCUT2D eigenvalue weighted by Crippen LogP contribution is 2.22. The Balaban J connectivity index is 1.90. The van der Waals surface area contributed by atoms with E-state index >= 15 is 0 Å². The number of halogens is 1. The monoisotopic (exact) mass is 591 g/mol. The van der Waals surface area contributed by atoms with Crippen molar-refractivity contribution in [3.8, 4) is 0 Å². The fraction of sp³-hybridized carbons (Fsp3) is 0.444. The summed E-state index contributed by atoms with van der Waals surface area (Å²) in [5.41, 5.74) is 1.35. The van der Waals surface area contributed by atoms with Crippen LogP contribution in [0.15, 0.2) is 53.0 Å². The highest BCUT2D eigenvalue weighted by atomic mass is 79.9. The number of carbonyl (C=O) groups is 3. The zero-order valence-electron chi connectivity index (χ0n) is 21.4. The van der Waals surface area contributed by atoms with Crippen LogP contribution in [0.4, 0.5) is 5.69 Å². The molecule has 0 radical (unpaired) electrons. The molecule has 1 unspecified atom stereocenters. The second-order valence-corrected chi connectivity index (χ2v) is 12.4. The summed E-state index contributed by atoms with van der Waals surface area (Å²) in [4.78, 5) is 40.2. The van der Waals surface area contributed by atoms with Crippen molar-refractivity contribution >= 4 is 49.2 Å². The third-order valence-electron chi connectivity index (χ3n) is 6.58. The largest absolute Gasteiger partial charge is 0.352 e. The molecule has 37 heavy (non-hydrogen) atoms. The Labute approximate surface area is 227 Å². The molecule has 0 saturated heterocycles. The minimum Gasteiger partial charge on any atom is -0.352 e. The number of Topliss-reactive ketones (excluding diaryl/α,β-unsaturated/α-hetero) is 1. The fourth-order valence-electron chi connectivity index (χ4n) is 4.48. The third kappa shape index (κ3) is 8.13. The van der Waals surface area contributed by atoms with Crippen molar-refractivity contribution in [1.29, 1.82) is 0 Å². The summed E-state index contributed by atoms with van der Waals surface area (Å²) >= 11 is 3.44. The number of hydrogen-bond acceptors (Lipinski definition) is 5. The quantitative estimate of drug-likeness (QED) is 0.415. The molecule has 8 nitrogen and oxygen atoms in total. The van der Waals surface area contributed by atoms with Crippen LogP contribution in [0, 0.1) is 0 Å². The van der Waals surface area contributed by atoms with Crippen molar-refractivity contribution < 1.29 is 22.8 Å². The Morgan fingerprint density at radius 3 is 2.35 bits per heavy atom. The maximum Gasteiger partial charge on any atom is 0.244 e. The zero-order valence-corrected chi connectivity index (χ0v) is 23.8. The molecule has 1 saturated carbocycles. The summed E-state index contributed by atoms with van der Waals surface area (Å²) in [6, 6.07) is 12.8. The van der Waals surface area contributed by atoms with Crippen LogP contribution in [0.1, 0.15) is 61.9 Å². The van der Waals surface area contributed by atoms with Gasteiger partial charge >= 0.3 is 0 Å². The molecule has 200 valence electrons. The molecule has 0 heterocycles. The van der Waals surface area contributed by atoms with Crippen LogP contribution in [0.5, 0.6) is 0 Å². The molecule has 2 aromatic rings. The van der Waals surface area contributed by atoms with Crippen molar-refractivity contribution in [3.05, 3.63) is 64.1 Å². The van der Waals surface area contributed by atoms with Gasteiger partial charge < -0.3 is 10.2 Å². The molecular weight excluding hydrogens is 558 g/mol. The van der Waals surface area contributed by atoms with E-state index in [0.717, 1.165) is 52.7 Å². The first-order valence-electron chi connectivity index (χ1n) is 12.4. The number of nitrogens with one attached hydrogen (secondary N) is 1. The standard InChI is InChI=1S/C27H34BrN3O5S/c1-19(27(34)29-24-12-5-4-6-13-24)30(17-21-9-7-11-23(28)15-21)26(33)18-31(37(3,35)36)25-14-8-10-22(16-25)20(2)32/h7-11,14-16,19,24H,4-6,12-13,17-18H2,1-3H3,(H,29,34). The lowest BCUT2D eigenvalue weighted by Crippen LogP contribution is -2.53. The number of rotatable bonds is 10. The van der Waals surface area contributed by atoms with Gasteiger partial charge in [0.2, 0.25) is 21.8 Å². The maximum absolute atomic E-state index is 13.7. The number of hydrogen-bond donors (Lipinski definition) is 1. The smallest absolute Gasteiger partial charge is 0.244 e. The fourth-order valence-corrected chi connectivity index (χ4v) is 5.77. The van der Waals surface area contributed by atoms with E-state index < -0.39 is 28.5 Å². The number of amides is 2. The lowest BCUT2D eigenvalue weighted by atomic mass is 9.95. The first-order valence-corrected chi connectivity index (χ1v) is 15.0. The van der Waals surface area contributed by atoms with Gasteiger partial charge in [0.15, 0.2) is 5.78 Å². The predicted molar refractivity (Wildman–Crippen MR) is 148 cm³/mol. The summed E-state index contributed by atoms with van der Waals surface area (Å²) in [5.74, 6) is -1.00. The molecule has 2 amide bonds. The van der Waals surface area contributed by atoms with E-state index in [1.807, 2.05) is 24.3 Å². The van der Waals surface area contributed by atoms with Gasteiger partial charge in [-0.3, -0.25) is 18.7 Å². The van der Waals surface area contributed by atoms with Gasteiger partial charge in [-0.1, -0.05) is 59.5 Å². The average Bonchev–Trinajstić information content (AvgIpc) is 2.85. The Morgan fingerprint density at radius 1 is 1.05 bits per heavy atom. The second-order valence-electron chi connectivity index (χ2n) is 9.55. The van der Waals surface area contributed by atoms with E-state index in [2.05, 4.69) is 21.2 Å². The molecule has 0 bridgehead atoms. The van der Waals surface area contributed by atoms with Crippen LogP contribution < -0.4 is 9.62 Å². The summed E-state index contributed by atoms with van der Waals surface area (Å²) in [7, 11) is -3.87. The van der Waals surface area contributed by atoms with Gasteiger partial charge in [0.1, 0.15) is 12.6 Å². The number of carbonyl (C=O) groups excluding carboxylic acids is 3. The van der Waals surface area contributed by atoms with E-state index in [9.17, 15) is 22.8 Å². The van der Waals surface area contributed by atoms with Crippen molar-refractivity contribution in [2.45, 2.75) is 64.6 Å². The van der Waals surface area contributed by atoms with Gasteiger partial charge in [0.05, 0.1) is 11.9 Å². The van der Waals surface area contributed by atoms with Crippen LogP contribution in [-0.4, -0.2) is 55.8 Å². The summed E-state index contributed by atoms with van der Waals surface area (Å²) < 4.78 is 27.3. The molecule has 0 aliphatic heterocycles. The zero-order chi connectivity index (χ0) is 27.2. The number of sulfonamides is 1. The summed E-state index contributed by atoms with van der Waals surface area (Å²) in [6.07, 6.45) is 6.10. The Hall–Kier alpha value is -2.72.